The Bertz CT molecular complexity index is 516. The smallest absolute Gasteiger partial charge is 0.149 e. The lowest BCUT2D eigenvalue weighted by molar-refractivity contribution is 0.413. The van der Waals surface area contributed by atoms with E-state index in [1.165, 1.54) is 13.2 Å². The molecule has 82 valence electrons. The minimum atomic E-state index is -0.445. The average Bonchev–Trinajstić information content (AvgIpc) is 2.33. The molecule has 0 saturated heterocycles. The van der Waals surface area contributed by atoms with Crippen molar-refractivity contribution >= 4 is 11.6 Å². The second-order valence-electron chi connectivity index (χ2n) is 3.21. The molecule has 0 aliphatic rings. The highest BCUT2D eigenvalue weighted by atomic mass is 35.5. The van der Waals surface area contributed by atoms with Crippen molar-refractivity contribution in [1.82, 2.24) is 4.98 Å². The van der Waals surface area contributed by atoms with E-state index in [1.807, 2.05) is 0 Å². The third kappa shape index (κ3) is 1.99. The first-order valence-electron chi connectivity index (χ1n) is 4.66. The van der Waals surface area contributed by atoms with Crippen molar-refractivity contribution < 1.29 is 9.13 Å². The van der Waals surface area contributed by atoms with Gasteiger partial charge in [-0.3, -0.25) is 4.98 Å². The maximum Gasteiger partial charge on any atom is 0.149 e. The number of benzene rings is 1. The molecule has 1 aromatic heterocycles. The Morgan fingerprint density at radius 1 is 1.31 bits per heavy atom. The Morgan fingerprint density at radius 3 is 2.88 bits per heavy atom. The Labute approximate surface area is 97.7 Å². The lowest BCUT2D eigenvalue weighted by Gasteiger charge is -2.05. The fourth-order valence-electron chi connectivity index (χ4n) is 1.40. The van der Waals surface area contributed by atoms with Gasteiger partial charge in [-0.25, -0.2) is 4.39 Å². The summed E-state index contributed by atoms with van der Waals surface area (Å²) in [5.74, 6) is 0.135. The van der Waals surface area contributed by atoms with Gasteiger partial charge in [0.2, 0.25) is 0 Å². The van der Waals surface area contributed by atoms with E-state index in [0.29, 0.717) is 16.9 Å². The largest absolute Gasteiger partial charge is 0.495 e. The zero-order valence-electron chi connectivity index (χ0n) is 8.58. The number of pyridine rings is 1. The first-order valence-corrected chi connectivity index (χ1v) is 5.03. The van der Waals surface area contributed by atoms with Crippen molar-refractivity contribution in [2.24, 2.45) is 0 Å². The van der Waals surface area contributed by atoms with Gasteiger partial charge in [-0.15, -0.1) is 0 Å². The molecule has 2 rings (SSSR count). The van der Waals surface area contributed by atoms with E-state index in [2.05, 4.69) is 4.98 Å². The lowest BCUT2D eigenvalue weighted by Crippen LogP contribution is -1.89. The number of methoxy groups -OCH3 is 1. The maximum atomic E-state index is 13.7. The molecule has 0 unspecified atom stereocenters. The van der Waals surface area contributed by atoms with Crippen molar-refractivity contribution in [2.75, 3.05) is 7.11 Å². The highest BCUT2D eigenvalue weighted by Crippen LogP contribution is 2.28. The zero-order valence-corrected chi connectivity index (χ0v) is 9.33. The average molecular weight is 238 g/mol. The van der Waals surface area contributed by atoms with Gasteiger partial charge in [0.25, 0.3) is 0 Å². The van der Waals surface area contributed by atoms with Crippen LogP contribution in [0, 0.1) is 5.82 Å². The van der Waals surface area contributed by atoms with Crippen molar-refractivity contribution in [1.29, 1.82) is 0 Å². The van der Waals surface area contributed by atoms with Crippen LogP contribution >= 0.6 is 11.6 Å². The van der Waals surface area contributed by atoms with E-state index in [0.717, 1.165) is 0 Å². The molecule has 0 atom stereocenters. The van der Waals surface area contributed by atoms with Crippen LogP contribution in [-0.4, -0.2) is 12.1 Å². The number of rotatable bonds is 2. The van der Waals surface area contributed by atoms with Crippen LogP contribution in [-0.2, 0) is 0 Å². The van der Waals surface area contributed by atoms with E-state index < -0.39 is 5.82 Å². The third-order valence-corrected chi connectivity index (χ3v) is 2.50. The Morgan fingerprint density at radius 2 is 2.12 bits per heavy atom. The second-order valence-corrected chi connectivity index (χ2v) is 3.62. The topological polar surface area (TPSA) is 22.1 Å². The molecule has 1 heterocycles. The fraction of sp³-hybridized carbons (Fsp3) is 0.0833. The van der Waals surface area contributed by atoms with E-state index in [4.69, 9.17) is 16.3 Å². The fourth-order valence-corrected chi connectivity index (χ4v) is 1.58. The number of aromatic nitrogens is 1. The highest BCUT2D eigenvalue weighted by Gasteiger charge is 2.09. The summed E-state index contributed by atoms with van der Waals surface area (Å²) in [6, 6.07) is 6.56. The van der Waals surface area contributed by atoms with Crippen molar-refractivity contribution in [3.8, 4) is 16.9 Å². The van der Waals surface area contributed by atoms with Gasteiger partial charge in [0.05, 0.1) is 18.3 Å². The van der Waals surface area contributed by atoms with Gasteiger partial charge in [-0.1, -0.05) is 23.7 Å². The van der Waals surface area contributed by atoms with E-state index >= 15 is 0 Å². The highest BCUT2D eigenvalue weighted by molar-refractivity contribution is 6.31. The van der Waals surface area contributed by atoms with Crippen LogP contribution in [0.15, 0.2) is 36.7 Å². The van der Waals surface area contributed by atoms with Gasteiger partial charge in [-0.05, 0) is 12.1 Å². The SMILES string of the molecule is COc1cncc(-c2cccc(Cl)c2F)c1. The molecule has 1 aromatic carbocycles. The normalized spacial score (nSPS) is 10.2. The maximum absolute atomic E-state index is 13.7. The summed E-state index contributed by atoms with van der Waals surface area (Å²) in [6.45, 7) is 0. The van der Waals surface area contributed by atoms with Crippen molar-refractivity contribution in [2.45, 2.75) is 0 Å². The molecule has 0 aliphatic heterocycles. The van der Waals surface area contributed by atoms with Gasteiger partial charge in [0.15, 0.2) is 0 Å². The summed E-state index contributed by atoms with van der Waals surface area (Å²) in [5, 5.41) is 0.0975. The van der Waals surface area contributed by atoms with Gasteiger partial charge in [0.1, 0.15) is 11.6 Å². The van der Waals surface area contributed by atoms with Gasteiger partial charge in [0, 0.05) is 17.3 Å². The molecular weight excluding hydrogens is 229 g/mol. The van der Waals surface area contributed by atoms with Crippen LogP contribution < -0.4 is 4.74 Å². The summed E-state index contributed by atoms with van der Waals surface area (Å²) < 4.78 is 18.8. The minimum Gasteiger partial charge on any atom is -0.495 e. The molecule has 0 bridgehead atoms. The number of hydrogen-bond acceptors (Lipinski definition) is 2. The Hall–Kier alpha value is -1.61. The van der Waals surface area contributed by atoms with Gasteiger partial charge in [-0.2, -0.15) is 0 Å². The molecule has 0 radical (unpaired) electrons. The quantitative estimate of drug-likeness (QED) is 0.797. The number of hydrogen-bond donors (Lipinski definition) is 0. The lowest BCUT2D eigenvalue weighted by atomic mass is 10.1. The molecule has 2 aromatic rings. The van der Waals surface area contributed by atoms with Gasteiger partial charge < -0.3 is 4.74 Å². The molecule has 0 aliphatic carbocycles. The van der Waals surface area contributed by atoms with E-state index in [9.17, 15) is 4.39 Å². The second kappa shape index (κ2) is 4.49. The Balaban J connectivity index is 2.54. The molecular formula is C12H9ClFNO. The predicted molar refractivity (Wildman–Crippen MR) is 61.2 cm³/mol. The Kier molecular flexibility index (Phi) is 3.06. The molecule has 4 heteroatoms. The summed E-state index contributed by atoms with van der Waals surface area (Å²) >= 11 is 5.71. The minimum absolute atomic E-state index is 0.0975. The van der Waals surface area contributed by atoms with E-state index in [-0.39, 0.29) is 5.02 Å². The van der Waals surface area contributed by atoms with Crippen LogP contribution in [0.3, 0.4) is 0 Å². The van der Waals surface area contributed by atoms with Crippen LogP contribution in [0.2, 0.25) is 5.02 Å². The molecule has 16 heavy (non-hydrogen) atoms. The molecule has 0 saturated carbocycles. The van der Waals surface area contributed by atoms with Crippen LogP contribution in [0.5, 0.6) is 5.75 Å². The third-order valence-electron chi connectivity index (χ3n) is 2.21. The monoisotopic (exact) mass is 237 g/mol. The van der Waals surface area contributed by atoms with Crippen LogP contribution in [0.25, 0.3) is 11.1 Å². The summed E-state index contributed by atoms with van der Waals surface area (Å²) in [4.78, 5) is 3.97. The van der Waals surface area contributed by atoms with E-state index in [1.54, 1.807) is 30.6 Å². The molecule has 0 spiro atoms. The van der Waals surface area contributed by atoms with Crippen molar-refractivity contribution in [3.63, 3.8) is 0 Å². The number of nitrogens with zero attached hydrogens (tertiary/aromatic N) is 1. The molecule has 2 nitrogen and oxygen atoms in total. The van der Waals surface area contributed by atoms with Gasteiger partial charge >= 0.3 is 0 Å². The first kappa shape index (κ1) is 10.9. The molecule has 0 amide bonds. The summed E-state index contributed by atoms with van der Waals surface area (Å²) in [5.41, 5.74) is 1.05. The standard InChI is InChI=1S/C12H9ClFNO/c1-16-9-5-8(6-15-7-9)10-3-2-4-11(13)12(10)14/h2-7H,1H3. The molecule has 0 fully saturated rings. The predicted octanol–water partition coefficient (Wildman–Crippen LogP) is 3.55. The van der Waals surface area contributed by atoms with Crippen molar-refractivity contribution in [3.05, 3.63) is 47.5 Å². The summed E-state index contributed by atoms with van der Waals surface area (Å²) in [7, 11) is 1.54. The molecule has 0 N–H and O–H groups in total. The summed E-state index contributed by atoms with van der Waals surface area (Å²) in [6.07, 6.45) is 3.13. The first-order chi connectivity index (χ1) is 7.72. The zero-order chi connectivity index (χ0) is 11.5. The van der Waals surface area contributed by atoms with Crippen LogP contribution in [0.4, 0.5) is 4.39 Å². The van der Waals surface area contributed by atoms with Crippen LogP contribution in [0.1, 0.15) is 0 Å². The number of ether oxygens (including phenoxy) is 1. The number of halogens is 2.